The number of benzene rings is 1. The molecule has 0 radical (unpaired) electrons. The third-order valence-electron chi connectivity index (χ3n) is 2.90. The fraction of sp³-hybridized carbons (Fsp3) is 0.273. The maximum absolute atomic E-state index is 13.3. The number of carbonyl (C=O) groups is 2. The molecule has 0 bridgehead atoms. The van der Waals surface area contributed by atoms with Crippen molar-refractivity contribution in [3.8, 4) is 0 Å². The number of carboxylic acids is 1. The molecule has 0 saturated heterocycles. The molecule has 20 heavy (non-hydrogen) atoms. The number of amides is 1. The Morgan fingerprint density at radius 3 is 1.75 bits per heavy atom. The number of halogens is 5. The number of aliphatic carboxylic acids is 1. The maximum atomic E-state index is 13.3. The van der Waals surface area contributed by atoms with Gasteiger partial charge in [0.15, 0.2) is 23.3 Å². The number of rotatable bonds is 3. The lowest BCUT2D eigenvalue weighted by atomic mass is 10.2. The molecule has 1 aromatic rings. The SMILES string of the molecule is O=C(O)[C@H]1C[C@H]1C(=O)Nc1c(F)c(F)c(F)c(F)c1F. The Hall–Kier alpha value is -2.19. The minimum atomic E-state index is -2.34. The molecule has 0 heterocycles. The Kier molecular flexibility index (Phi) is 3.36. The van der Waals surface area contributed by atoms with E-state index < -0.39 is 58.5 Å². The van der Waals surface area contributed by atoms with E-state index in [9.17, 15) is 31.5 Å². The van der Waals surface area contributed by atoms with Crippen LogP contribution in [0.4, 0.5) is 27.6 Å². The summed E-state index contributed by atoms with van der Waals surface area (Å²) >= 11 is 0. The predicted molar refractivity (Wildman–Crippen MR) is 54.1 cm³/mol. The highest BCUT2D eigenvalue weighted by Gasteiger charge is 2.48. The largest absolute Gasteiger partial charge is 0.481 e. The molecule has 4 nitrogen and oxygen atoms in total. The minimum absolute atomic E-state index is 0.0590. The average Bonchev–Trinajstić information content (AvgIpc) is 3.19. The zero-order valence-corrected chi connectivity index (χ0v) is 9.52. The molecule has 1 amide bonds. The molecule has 0 spiro atoms. The van der Waals surface area contributed by atoms with Crippen molar-refractivity contribution < 1.29 is 36.6 Å². The van der Waals surface area contributed by atoms with Crippen LogP contribution in [-0.4, -0.2) is 17.0 Å². The topological polar surface area (TPSA) is 66.4 Å². The van der Waals surface area contributed by atoms with Crippen LogP contribution in [0.25, 0.3) is 0 Å². The van der Waals surface area contributed by atoms with Crippen molar-refractivity contribution in [1.29, 1.82) is 0 Å². The summed E-state index contributed by atoms with van der Waals surface area (Å²) in [6, 6.07) is 0. The summed E-state index contributed by atoms with van der Waals surface area (Å²) in [5.74, 6) is -15.5. The number of carboxylic acid groups (broad SMARTS) is 1. The molecule has 2 N–H and O–H groups in total. The van der Waals surface area contributed by atoms with E-state index in [0.29, 0.717) is 0 Å². The monoisotopic (exact) mass is 295 g/mol. The van der Waals surface area contributed by atoms with Gasteiger partial charge in [-0.05, 0) is 6.42 Å². The lowest BCUT2D eigenvalue weighted by molar-refractivity contribution is -0.139. The van der Waals surface area contributed by atoms with Gasteiger partial charge in [-0.15, -0.1) is 0 Å². The van der Waals surface area contributed by atoms with Crippen molar-refractivity contribution in [1.82, 2.24) is 0 Å². The third kappa shape index (κ3) is 2.19. The van der Waals surface area contributed by atoms with Gasteiger partial charge >= 0.3 is 5.97 Å². The first-order chi connectivity index (χ1) is 9.25. The van der Waals surface area contributed by atoms with E-state index in [1.54, 1.807) is 0 Å². The fourth-order valence-electron chi connectivity index (χ4n) is 1.69. The summed E-state index contributed by atoms with van der Waals surface area (Å²) in [4.78, 5) is 22.0. The van der Waals surface area contributed by atoms with E-state index in [-0.39, 0.29) is 6.42 Å². The molecule has 0 aromatic heterocycles. The van der Waals surface area contributed by atoms with E-state index in [4.69, 9.17) is 5.11 Å². The highest BCUT2D eigenvalue weighted by Crippen LogP contribution is 2.40. The van der Waals surface area contributed by atoms with Crippen LogP contribution in [0.3, 0.4) is 0 Å². The quantitative estimate of drug-likeness (QED) is 0.509. The highest BCUT2D eigenvalue weighted by atomic mass is 19.2. The number of nitrogens with one attached hydrogen (secondary N) is 1. The van der Waals surface area contributed by atoms with Gasteiger partial charge in [0.25, 0.3) is 0 Å². The van der Waals surface area contributed by atoms with Crippen molar-refractivity contribution in [2.45, 2.75) is 6.42 Å². The van der Waals surface area contributed by atoms with Gasteiger partial charge in [-0.1, -0.05) is 0 Å². The van der Waals surface area contributed by atoms with E-state index in [0.717, 1.165) is 0 Å². The second-order valence-electron chi connectivity index (χ2n) is 4.22. The van der Waals surface area contributed by atoms with E-state index in [1.807, 2.05) is 0 Å². The molecule has 108 valence electrons. The molecule has 1 aromatic carbocycles. The molecular weight excluding hydrogens is 289 g/mol. The van der Waals surface area contributed by atoms with Crippen LogP contribution >= 0.6 is 0 Å². The zero-order chi connectivity index (χ0) is 15.2. The molecule has 0 unspecified atom stereocenters. The lowest BCUT2D eigenvalue weighted by Gasteiger charge is -2.09. The van der Waals surface area contributed by atoms with Crippen molar-refractivity contribution >= 4 is 17.6 Å². The smallest absolute Gasteiger partial charge is 0.307 e. The van der Waals surface area contributed by atoms with Gasteiger partial charge in [0, 0.05) is 0 Å². The lowest BCUT2D eigenvalue weighted by Crippen LogP contribution is -2.20. The van der Waals surface area contributed by atoms with E-state index in [1.165, 1.54) is 5.32 Å². The van der Waals surface area contributed by atoms with Gasteiger partial charge in [0.05, 0.1) is 11.8 Å². The first kappa shape index (κ1) is 14.2. The molecule has 2 rings (SSSR count). The zero-order valence-electron chi connectivity index (χ0n) is 9.52. The maximum Gasteiger partial charge on any atom is 0.307 e. The van der Waals surface area contributed by atoms with E-state index >= 15 is 0 Å². The second kappa shape index (κ2) is 4.73. The average molecular weight is 295 g/mol. The van der Waals surface area contributed by atoms with Crippen LogP contribution in [-0.2, 0) is 9.59 Å². The van der Waals surface area contributed by atoms with Crippen molar-refractivity contribution in [2.75, 3.05) is 5.32 Å². The summed E-state index contributed by atoms with van der Waals surface area (Å²) in [6.45, 7) is 0. The van der Waals surface area contributed by atoms with Crippen LogP contribution in [0, 0.1) is 40.9 Å². The Balaban J connectivity index is 2.27. The molecular formula is C11H6F5NO3. The summed E-state index contributed by atoms with van der Waals surface area (Å²) < 4.78 is 65.0. The van der Waals surface area contributed by atoms with Gasteiger partial charge in [-0.3, -0.25) is 9.59 Å². The van der Waals surface area contributed by atoms with Gasteiger partial charge in [0.1, 0.15) is 5.69 Å². The standard InChI is InChI=1S/C11H6F5NO3/c12-4-5(13)7(15)9(8(16)6(4)14)17-10(18)2-1-3(2)11(19)20/h2-3H,1H2,(H,17,18)(H,19,20)/t2-,3+/m1/s1. The van der Waals surface area contributed by atoms with Crippen molar-refractivity contribution in [3.05, 3.63) is 29.1 Å². The Labute approximate surface area is 108 Å². The normalized spacial score (nSPS) is 20.6. The third-order valence-corrected chi connectivity index (χ3v) is 2.90. The molecule has 0 aliphatic heterocycles. The van der Waals surface area contributed by atoms with Gasteiger partial charge in [-0.2, -0.15) is 0 Å². The number of carbonyl (C=O) groups excluding carboxylic acids is 1. The molecule has 2 atom stereocenters. The van der Waals surface area contributed by atoms with Crippen molar-refractivity contribution in [2.24, 2.45) is 11.8 Å². The first-order valence-corrected chi connectivity index (χ1v) is 5.30. The van der Waals surface area contributed by atoms with Crippen molar-refractivity contribution in [3.63, 3.8) is 0 Å². The summed E-state index contributed by atoms with van der Waals surface area (Å²) in [6.07, 6.45) is -0.0590. The minimum Gasteiger partial charge on any atom is -0.481 e. The molecule has 1 aliphatic rings. The summed E-state index contributed by atoms with van der Waals surface area (Å²) in [7, 11) is 0. The molecule has 1 saturated carbocycles. The fourth-order valence-corrected chi connectivity index (χ4v) is 1.69. The van der Waals surface area contributed by atoms with Gasteiger partial charge in [-0.25, -0.2) is 22.0 Å². The molecule has 9 heteroatoms. The summed E-state index contributed by atoms with van der Waals surface area (Å²) in [5.41, 5.74) is -1.48. The Bertz CT molecular complexity index is 590. The second-order valence-corrected chi connectivity index (χ2v) is 4.22. The Morgan fingerprint density at radius 1 is 0.900 bits per heavy atom. The number of hydrogen-bond donors (Lipinski definition) is 2. The number of hydrogen-bond acceptors (Lipinski definition) is 2. The number of anilines is 1. The van der Waals surface area contributed by atoms with E-state index in [2.05, 4.69) is 0 Å². The van der Waals surface area contributed by atoms with Crippen LogP contribution in [0.1, 0.15) is 6.42 Å². The highest BCUT2D eigenvalue weighted by molar-refractivity contribution is 5.98. The summed E-state index contributed by atoms with van der Waals surface area (Å²) in [5, 5.41) is 10.1. The first-order valence-electron chi connectivity index (χ1n) is 5.30. The molecule has 1 aliphatic carbocycles. The van der Waals surface area contributed by atoms with Crippen LogP contribution in [0.15, 0.2) is 0 Å². The van der Waals surface area contributed by atoms with Gasteiger partial charge in [0.2, 0.25) is 11.7 Å². The molecule has 1 fully saturated rings. The van der Waals surface area contributed by atoms with Gasteiger partial charge < -0.3 is 10.4 Å². The van der Waals surface area contributed by atoms with Crippen LogP contribution < -0.4 is 5.32 Å². The van der Waals surface area contributed by atoms with Crippen LogP contribution in [0.2, 0.25) is 0 Å². The Morgan fingerprint density at radius 2 is 1.35 bits per heavy atom. The van der Waals surface area contributed by atoms with Crippen LogP contribution in [0.5, 0.6) is 0 Å². The predicted octanol–water partition coefficient (Wildman–Crippen LogP) is 2.04.